The van der Waals surface area contributed by atoms with Gasteiger partial charge in [0.05, 0.1) is 0 Å². The minimum absolute atomic E-state index is 0.266. The third-order valence-electron chi connectivity index (χ3n) is 1.24. The first-order valence-electron chi connectivity index (χ1n) is 3.98. The van der Waals surface area contributed by atoms with E-state index < -0.39 is 0 Å². The number of hydrogen-bond acceptors (Lipinski definition) is 3. The van der Waals surface area contributed by atoms with Gasteiger partial charge in [0.2, 0.25) is 0 Å². The van der Waals surface area contributed by atoms with Crippen LogP contribution in [0.5, 0.6) is 0 Å². The number of hydrogen-bond donors (Lipinski definition) is 3. The molecule has 0 atom stereocenters. The van der Waals surface area contributed by atoms with Crippen molar-refractivity contribution in [2.45, 2.75) is 26.2 Å². The highest BCUT2D eigenvalue weighted by molar-refractivity contribution is 4.41. The summed E-state index contributed by atoms with van der Waals surface area (Å²) < 4.78 is 0. The smallest absolute Gasteiger partial charge is 0.0443 e. The summed E-state index contributed by atoms with van der Waals surface area (Å²) in [5.74, 6) is 0. The standard InChI is InChI=1S/C7H18N2O/c1-2-3-5-8-9-6-4-7-10/h8-10H,2-7H2,1H3. The van der Waals surface area contributed by atoms with Gasteiger partial charge in [-0.2, -0.15) is 0 Å². The lowest BCUT2D eigenvalue weighted by Crippen LogP contribution is -2.33. The quantitative estimate of drug-likeness (QED) is 0.356. The summed E-state index contributed by atoms with van der Waals surface area (Å²) >= 11 is 0. The Kier molecular flexibility index (Phi) is 8.77. The molecule has 0 radical (unpaired) electrons. The summed E-state index contributed by atoms with van der Waals surface area (Å²) in [5.41, 5.74) is 6.07. The van der Waals surface area contributed by atoms with Crippen molar-refractivity contribution in [2.75, 3.05) is 19.7 Å². The summed E-state index contributed by atoms with van der Waals surface area (Å²) in [7, 11) is 0. The molecule has 0 aromatic rings. The average molecular weight is 146 g/mol. The van der Waals surface area contributed by atoms with Crippen LogP contribution in [0.25, 0.3) is 0 Å². The highest BCUT2D eigenvalue weighted by atomic mass is 16.3. The molecule has 3 nitrogen and oxygen atoms in total. The Morgan fingerprint density at radius 2 is 1.70 bits per heavy atom. The molecule has 0 unspecified atom stereocenters. The maximum absolute atomic E-state index is 8.40. The van der Waals surface area contributed by atoms with Gasteiger partial charge in [0.1, 0.15) is 0 Å². The van der Waals surface area contributed by atoms with Crippen LogP contribution < -0.4 is 10.9 Å². The van der Waals surface area contributed by atoms with Gasteiger partial charge in [-0.25, -0.2) is 0 Å². The Balaban J connectivity index is 2.65. The lowest BCUT2D eigenvalue weighted by atomic mass is 10.3. The molecule has 0 heterocycles. The predicted molar refractivity (Wildman–Crippen MR) is 42.6 cm³/mol. The molecule has 3 heteroatoms. The van der Waals surface area contributed by atoms with Gasteiger partial charge in [0.25, 0.3) is 0 Å². The van der Waals surface area contributed by atoms with Crippen LogP contribution in [0.1, 0.15) is 26.2 Å². The van der Waals surface area contributed by atoms with Crippen LogP contribution in [0.2, 0.25) is 0 Å². The molecule has 62 valence electrons. The Labute approximate surface area is 62.8 Å². The lowest BCUT2D eigenvalue weighted by molar-refractivity contribution is 0.282. The van der Waals surface area contributed by atoms with Crippen LogP contribution in [0.15, 0.2) is 0 Å². The minimum atomic E-state index is 0.266. The van der Waals surface area contributed by atoms with Crippen molar-refractivity contribution in [3.05, 3.63) is 0 Å². The Morgan fingerprint density at radius 1 is 1.10 bits per heavy atom. The number of unbranched alkanes of at least 4 members (excludes halogenated alkanes) is 1. The molecule has 3 N–H and O–H groups in total. The first-order valence-corrected chi connectivity index (χ1v) is 3.98. The zero-order valence-corrected chi connectivity index (χ0v) is 6.69. The largest absolute Gasteiger partial charge is 0.396 e. The van der Waals surface area contributed by atoms with Crippen molar-refractivity contribution in [1.29, 1.82) is 0 Å². The maximum atomic E-state index is 8.40. The van der Waals surface area contributed by atoms with Crippen LogP contribution in [-0.2, 0) is 0 Å². The van der Waals surface area contributed by atoms with E-state index in [-0.39, 0.29) is 6.61 Å². The van der Waals surface area contributed by atoms with Crippen LogP contribution in [0.4, 0.5) is 0 Å². The van der Waals surface area contributed by atoms with Gasteiger partial charge in [0, 0.05) is 19.7 Å². The topological polar surface area (TPSA) is 44.3 Å². The molecule has 0 fully saturated rings. The fraction of sp³-hybridized carbons (Fsp3) is 1.00. The number of nitrogens with one attached hydrogen (secondary N) is 2. The van der Waals surface area contributed by atoms with Crippen LogP contribution in [0, 0.1) is 0 Å². The molecule has 0 aromatic heterocycles. The Bertz CT molecular complexity index is 51.6. The van der Waals surface area contributed by atoms with Crippen LogP contribution in [0.3, 0.4) is 0 Å². The summed E-state index contributed by atoms with van der Waals surface area (Å²) in [6.07, 6.45) is 3.24. The molecule has 10 heavy (non-hydrogen) atoms. The van der Waals surface area contributed by atoms with Crippen molar-refractivity contribution in [2.24, 2.45) is 0 Å². The fourth-order valence-corrected chi connectivity index (χ4v) is 0.609. The molecule has 0 saturated heterocycles. The molecule has 0 aliphatic carbocycles. The molecule has 0 bridgehead atoms. The van der Waals surface area contributed by atoms with Crippen molar-refractivity contribution < 1.29 is 5.11 Å². The summed E-state index contributed by atoms with van der Waals surface area (Å²) in [6.45, 7) is 4.29. The van der Waals surface area contributed by atoms with E-state index in [2.05, 4.69) is 17.8 Å². The number of hydrazine groups is 1. The van der Waals surface area contributed by atoms with Gasteiger partial charge < -0.3 is 5.11 Å². The Morgan fingerprint density at radius 3 is 2.20 bits per heavy atom. The van der Waals surface area contributed by atoms with Gasteiger partial charge in [-0.3, -0.25) is 10.9 Å². The van der Waals surface area contributed by atoms with Gasteiger partial charge in [-0.15, -0.1) is 0 Å². The zero-order valence-electron chi connectivity index (χ0n) is 6.69. The van der Waals surface area contributed by atoms with E-state index in [1.165, 1.54) is 12.8 Å². The SMILES string of the molecule is CCCCNNCCCO. The van der Waals surface area contributed by atoms with Crippen LogP contribution in [-0.4, -0.2) is 24.8 Å². The van der Waals surface area contributed by atoms with E-state index in [1.807, 2.05) is 0 Å². The van der Waals surface area contributed by atoms with E-state index in [0.717, 1.165) is 19.5 Å². The van der Waals surface area contributed by atoms with Crippen molar-refractivity contribution >= 4 is 0 Å². The molecule has 0 rings (SSSR count). The van der Waals surface area contributed by atoms with E-state index in [0.29, 0.717) is 0 Å². The highest BCUT2D eigenvalue weighted by Crippen LogP contribution is 1.80. The van der Waals surface area contributed by atoms with Gasteiger partial charge in [-0.05, 0) is 12.8 Å². The molecular weight excluding hydrogens is 128 g/mol. The van der Waals surface area contributed by atoms with E-state index in [1.54, 1.807) is 0 Å². The molecule has 0 spiro atoms. The molecule has 0 aromatic carbocycles. The second-order valence-corrected chi connectivity index (χ2v) is 2.28. The van der Waals surface area contributed by atoms with Gasteiger partial charge in [-0.1, -0.05) is 13.3 Å². The number of aliphatic hydroxyl groups excluding tert-OH is 1. The zero-order chi connectivity index (χ0) is 7.66. The van der Waals surface area contributed by atoms with E-state index in [4.69, 9.17) is 5.11 Å². The predicted octanol–water partition coefficient (Wildman–Crippen LogP) is 0.263. The highest BCUT2D eigenvalue weighted by Gasteiger charge is 1.84. The van der Waals surface area contributed by atoms with Gasteiger partial charge in [0.15, 0.2) is 0 Å². The lowest BCUT2D eigenvalue weighted by Gasteiger charge is -2.03. The second-order valence-electron chi connectivity index (χ2n) is 2.28. The number of aliphatic hydroxyl groups is 1. The van der Waals surface area contributed by atoms with Crippen molar-refractivity contribution in [3.8, 4) is 0 Å². The summed E-state index contributed by atoms with van der Waals surface area (Å²) in [6, 6.07) is 0. The Hall–Kier alpha value is -0.120. The average Bonchev–Trinajstić information content (AvgIpc) is 1.97. The molecule has 0 amide bonds. The van der Waals surface area contributed by atoms with Crippen molar-refractivity contribution in [1.82, 2.24) is 10.9 Å². The molecule has 0 aliphatic rings. The summed E-state index contributed by atoms with van der Waals surface area (Å²) in [5, 5.41) is 8.40. The molecule has 0 saturated carbocycles. The van der Waals surface area contributed by atoms with E-state index >= 15 is 0 Å². The summed E-state index contributed by atoms with van der Waals surface area (Å²) in [4.78, 5) is 0. The minimum Gasteiger partial charge on any atom is -0.396 e. The third kappa shape index (κ3) is 7.88. The monoisotopic (exact) mass is 146 g/mol. The first kappa shape index (κ1) is 9.88. The van der Waals surface area contributed by atoms with Crippen molar-refractivity contribution in [3.63, 3.8) is 0 Å². The van der Waals surface area contributed by atoms with Gasteiger partial charge >= 0.3 is 0 Å². The van der Waals surface area contributed by atoms with Crippen LogP contribution >= 0.6 is 0 Å². The third-order valence-corrected chi connectivity index (χ3v) is 1.24. The van der Waals surface area contributed by atoms with E-state index in [9.17, 15) is 0 Å². The first-order chi connectivity index (χ1) is 4.91. The number of rotatable bonds is 7. The maximum Gasteiger partial charge on any atom is 0.0443 e. The molecule has 0 aliphatic heterocycles. The normalized spacial score (nSPS) is 10.2. The molecular formula is C7H18N2O. The fourth-order valence-electron chi connectivity index (χ4n) is 0.609. The second kappa shape index (κ2) is 8.88.